The number of aromatic amines is 1. The lowest BCUT2D eigenvalue weighted by Crippen LogP contribution is -2.45. The van der Waals surface area contributed by atoms with Gasteiger partial charge in [-0.25, -0.2) is 4.98 Å². The van der Waals surface area contributed by atoms with E-state index >= 15 is 0 Å². The molecule has 2 N–H and O–H groups in total. The second-order valence-corrected chi connectivity index (χ2v) is 7.65. The molecule has 31 heavy (non-hydrogen) atoms. The van der Waals surface area contributed by atoms with Crippen molar-refractivity contribution in [1.29, 1.82) is 0 Å². The third kappa shape index (κ3) is 4.70. The molecular formula is C21H30N8O2. The number of fused-ring (bicyclic) bond motifs is 1. The van der Waals surface area contributed by atoms with Crippen LogP contribution >= 0.6 is 0 Å². The third-order valence-corrected chi connectivity index (χ3v) is 5.46. The number of likely N-dealkylation sites (N-methyl/N-ethyl adjacent to an activating group) is 1. The van der Waals surface area contributed by atoms with Crippen LogP contribution in [-0.2, 0) is 17.7 Å². The molecule has 1 aliphatic heterocycles. The number of pyridine rings is 1. The summed E-state index contributed by atoms with van der Waals surface area (Å²) in [7, 11) is 2.13. The van der Waals surface area contributed by atoms with Gasteiger partial charge in [-0.2, -0.15) is 10.1 Å². The van der Waals surface area contributed by atoms with E-state index in [1.807, 2.05) is 11.6 Å². The van der Waals surface area contributed by atoms with Gasteiger partial charge in [0, 0.05) is 45.0 Å². The lowest BCUT2D eigenvalue weighted by atomic mass is 10.2. The van der Waals surface area contributed by atoms with Crippen molar-refractivity contribution >= 4 is 28.5 Å². The summed E-state index contributed by atoms with van der Waals surface area (Å²) in [6.45, 7) is 9.59. The van der Waals surface area contributed by atoms with Gasteiger partial charge in [-0.1, -0.05) is 6.92 Å². The van der Waals surface area contributed by atoms with E-state index in [2.05, 4.69) is 34.1 Å². The Morgan fingerprint density at radius 1 is 1.16 bits per heavy atom. The number of nitrogens with one attached hydrogen (secondary N) is 2. The highest BCUT2D eigenvalue weighted by Crippen LogP contribution is 2.29. The highest BCUT2D eigenvalue weighted by atomic mass is 16.5. The van der Waals surface area contributed by atoms with Crippen molar-refractivity contribution in [2.75, 3.05) is 56.7 Å². The van der Waals surface area contributed by atoms with Crippen molar-refractivity contribution in [1.82, 2.24) is 29.6 Å². The first kappa shape index (κ1) is 21.3. The van der Waals surface area contributed by atoms with Crippen LogP contribution in [0.3, 0.4) is 0 Å². The number of hydrogen-bond acceptors (Lipinski definition) is 8. The minimum atomic E-state index is -0.147. The summed E-state index contributed by atoms with van der Waals surface area (Å²) in [5.74, 6) is 1.38. The molecule has 0 bridgehead atoms. The standard InChI is InChI=1S/C21H30N8O2/c1-4-16-18-19(29(26-16)12-13-31-5-2)20(23-15-6-7-17(30)22-14-15)25-21(24-18)28-10-8-27(3)9-11-28/h6-7,14H,4-5,8-13H2,1-3H3,(H,22,30)(H,23,24,25). The zero-order valence-corrected chi connectivity index (χ0v) is 18.4. The molecule has 1 saturated heterocycles. The zero-order valence-electron chi connectivity index (χ0n) is 18.4. The Morgan fingerprint density at radius 3 is 2.65 bits per heavy atom. The molecule has 10 heteroatoms. The van der Waals surface area contributed by atoms with Crippen LogP contribution in [0.1, 0.15) is 19.5 Å². The fourth-order valence-corrected chi connectivity index (χ4v) is 3.69. The Labute approximate surface area is 181 Å². The number of ether oxygens (including phenoxy) is 1. The number of rotatable bonds is 8. The Balaban J connectivity index is 1.79. The summed E-state index contributed by atoms with van der Waals surface area (Å²) in [5, 5.41) is 8.17. The molecule has 3 aromatic rings. The molecule has 10 nitrogen and oxygen atoms in total. The van der Waals surface area contributed by atoms with Gasteiger partial charge in [-0.05, 0) is 26.5 Å². The normalized spacial score (nSPS) is 15.0. The summed E-state index contributed by atoms with van der Waals surface area (Å²) in [5.41, 5.74) is 3.25. The lowest BCUT2D eigenvalue weighted by Gasteiger charge is -2.32. The fraction of sp³-hybridized carbons (Fsp3) is 0.524. The first-order chi connectivity index (χ1) is 15.1. The fourth-order valence-electron chi connectivity index (χ4n) is 3.69. The van der Waals surface area contributed by atoms with Crippen LogP contribution in [0.15, 0.2) is 23.1 Å². The van der Waals surface area contributed by atoms with Crippen molar-refractivity contribution in [3.05, 3.63) is 34.4 Å². The van der Waals surface area contributed by atoms with Gasteiger partial charge in [-0.15, -0.1) is 0 Å². The molecule has 0 aromatic carbocycles. The molecule has 0 unspecified atom stereocenters. The second kappa shape index (κ2) is 9.44. The van der Waals surface area contributed by atoms with E-state index in [1.165, 1.54) is 6.07 Å². The van der Waals surface area contributed by atoms with Crippen LogP contribution in [-0.4, -0.2) is 76.1 Å². The van der Waals surface area contributed by atoms with Crippen molar-refractivity contribution in [3.8, 4) is 0 Å². The minimum Gasteiger partial charge on any atom is -0.380 e. The van der Waals surface area contributed by atoms with Crippen LogP contribution in [0.5, 0.6) is 0 Å². The van der Waals surface area contributed by atoms with E-state index in [4.69, 9.17) is 19.8 Å². The maximum atomic E-state index is 11.5. The molecule has 0 aliphatic carbocycles. The van der Waals surface area contributed by atoms with Gasteiger partial charge in [0.1, 0.15) is 11.0 Å². The Kier molecular flexibility index (Phi) is 6.47. The minimum absolute atomic E-state index is 0.147. The number of nitrogens with zero attached hydrogens (tertiary/aromatic N) is 6. The highest BCUT2D eigenvalue weighted by molar-refractivity contribution is 5.90. The van der Waals surface area contributed by atoms with E-state index in [0.717, 1.165) is 55.0 Å². The number of aryl methyl sites for hydroxylation is 1. The average Bonchev–Trinajstić information content (AvgIpc) is 3.14. The van der Waals surface area contributed by atoms with Gasteiger partial charge in [0.2, 0.25) is 11.5 Å². The van der Waals surface area contributed by atoms with Crippen molar-refractivity contribution in [3.63, 3.8) is 0 Å². The summed E-state index contributed by atoms with van der Waals surface area (Å²) >= 11 is 0. The van der Waals surface area contributed by atoms with E-state index in [-0.39, 0.29) is 5.56 Å². The molecule has 0 radical (unpaired) electrons. The van der Waals surface area contributed by atoms with Crippen LogP contribution in [0, 0.1) is 0 Å². The molecule has 3 aromatic heterocycles. The van der Waals surface area contributed by atoms with E-state index in [0.29, 0.717) is 31.5 Å². The highest BCUT2D eigenvalue weighted by Gasteiger charge is 2.22. The summed E-state index contributed by atoms with van der Waals surface area (Å²) in [6.07, 6.45) is 2.42. The van der Waals surface area contributed by atoms with Gasteiger partial charge in [0.05, 0.1) is 24.5 Å². The average molecular weight is 427 g/mol. The smallest absolute Gasteiger partial charge is 0.248 e. The van der Waals surface area contributed by atoms with Gasteiger partial charge >= 0.3 is 0 Å². The lowest BCUT2D eigenvalue weighted by molar-refractivity contribution is 0.137. The zero-order chi connectivity index (χ0) is 21.8. The third-order valence-electron chi connectivity index (χ3n) is 5.46. The summed E-state index contributed by atoms with van der Waals surface area (Å²) < 4.78 is 7.48. The Morgan fingerprint density at radius 2 is 1.97 bits per heavy atom. The molecule has 166 valence electrons. The number of hydrogen-bond donors (Lipinski definition) is 2. The van der Waals surface area contributed by atoms with E-state index in [1.54, 1.807) is 12.3 Å². The molecular weight excluding hydrogens is 396 g/mol. The van der Waals surface area contributed by atoms with Gasteiger partial charge in [0.25, 0.3) is 0 Å². The van der Waals surface area contributed by atoms with E-state index in [9.17, 15) is 4.79 Å². The predicted molar refractivity (Wildman–Crippen MR) is 121 cm³/mol. The largest absolute Gasteiger partial charge is 0.380 e. The van der Waals surface area contributed by atoms with Crippen LogP contribution in [0.2, 0.25) is 0 Å². The molecule has 0 saturated carbocycles. The monoisotopic (exact) mass is 426 g/mol. The molecule has 0 amide bonds. The van der Waals surface area contributed by atoms with Gasteiger partial charge in [-0.3, -0.25) is 9.48 Å². The molecule has 1 aliphatic rings. The SMILES string of the molecule is CCOCCn1nc(CC)c2nc(N3CCN(C)CC3)nc(Nc3ccc(=O)[nH]c3)c21. The second-order valence-electron chi connectivity index (χ2n) is 7.65. The summed E-state index contributed by atoms with van der Waals surface area (Å²) in [4.78, 5) is 28.5. The molecule has 0 atom stereocenters. The molecule has 4 rings (SSSR count). The van der Waals surface area contributed by atoms with Crippen molar-refractivity contribution in [2.45, 2.75) is 26.8 Å². The van der Waals surface area contributed by atoms with Crippen LogP contribution < -0.4 is 15.8 Å². The van der Waals surface area contributed by atoms with Crippen LogP contribution in [0.4, 0.5) is 17.5 Å². The summed E-state index contributed by atoms with van der Waals surface area (Å²) in [6, 6.07) is 3.23. The van der Waals surface area contributed by atoms with E-state index < -0.39 is 0 Å². The van der Waals surface area contributed by atoms with Gasteiger partial charge in [0.15, 0.2) is 5.82 Å². The Hall–Kier alpha value is -2.98. The van der Waals surface area contributed by atoms with Crippen molar-refractivity contribution in [2.24, 2.45) is 0 Å². The number of aromatic nitrogens is 5. The first-order valence-corrected chi connectivity index (χ1v) is 10.8. The number of piperazine rings is 1. The maximum absolute atomic E-state index is 11.5. The van der Waals surface area contributed by atoms with Gasteiger partial charge < -0.3 is 24.8 Å². The molecule has 1 fully saturated rings. The number of anilines is 3. The topological polar surface area (TPSA) is 104 Å². The Bertz CT molecular complexity index is 1060. The number of H-pyrrole nitrogens is 1. The quantitative estimate of drug-likeness (QED) is 0.524. The molecule has 0 spiro atoms. The van der Waals surface area contributed by atoms with Crippen LogP contribution in [0.25, 0.3) is 11.0 Å². The maximum Gasteiger partial charge on any atom is 0.248 e. The van der Waals surface area contributed by atoms with Crippen molar-refractivity contribution < 1.29 is 4.74 Å². The molecule has 4 heterocycles. The first-order valence-electron chi connectivity index (χ1n) is 10.8. The predicted octanol–water partition coefficient (Wildman–Crippen LogP) is 1.61.